The zero-order valence-electron chi connectivity index (χ0n) is 14.6. The number of allylic oxidation sites excluding steroid dienone is 5. The van der Waals surface area contributed by atoms with Crippen LogP contribution in [-0.2, 0) is 4.79 Å². The van der Waals surface area contributed by atoms with Crippen molar-refractivity contribution >= 4 is 5.78 Å². The van der Waals surface area contributed by atoms with Crippen LogP contribution in [0.5, 0.6) is 0 Å². The standard InChI is InChI=1S/C21H25FO/c1-7-21(5,6)17-13-14(15-10-8-9-11-18(15)22)12-16(19(17)23)20(2,3)4/h7-14H,1H2,2-6H3. The summed E-state index contributed by atoms with van der Waals surface area (Å²) >= 11 is 0. The van der Waals surface area contributed by atoms with E-state index in [4.69, 9.17) is 0 Å². The zero-order chi connectivity index (χ0) is 17.4. The summed E-state index contributed by atoms with van der Waals surface area (Å²) in [5, 5.41) is 0. The van der Waals surface area contributed by atoms with Crippen molar-refractivity contribution in [1.82, 2.24) is 0 Å². The molecular formula is C21H25FO. The predicted molar refractivity (Wildman–Crippen MR) is 93.7 cm³/mol. The first kappa shape index (κ1) is 17.4. The largest absolute Gasteiger partial charge is 0.289 e. The second-order valence-corrected chi connectivity index (χ2v) is 7.71. The van der Waals surface area contributed by atoms with Crippen molar-refractivity contribution in [1.29, 1.82) is 0 Å². The Morgan fingerprint density at radius 3 is 2.13 bits per heavy atom. The Kier molecular flexibility index (Phi) is 4.48. The van der Waals surface area contributed by atoms with Gasteiger partial charge in [-0.05, 0) is 17.0 Å². The highest BCUT2D eigenvalue weighted by Crippen LogP contribution is 2.42. The molecule has 0 bridgehead atoms. The van der Waals surface area contributed by atoms with Gasteiger partial charge in [-0.1, -0.05) is 71.0 Å². The lowest BCUT2D eigenvalue weighted by molar-refractivity contribution is -0.114. The van der Waals surface area contributed by atoms with E-state index in [2.05, 4.69) is 6.58 Å². The fraction of sp³-hybridized carbons (Fsp3) is 0.381. The van der Waals surface area contributed by atoms with Gasteiger partial charge in [-0.3, -0.25) is 4.79 Å². The number of carbonyl (C=O) groups excluding carboxylic acids is 1. The van der Waals surface area contributed by atoms with Crippen LogP contribution < -0.4 is 0 Å². The summed E-state index contributed by atoms with van der Waals surface area (Å²) in [4.78, 5) is 13.0. The molecule has 2 rings (SSSR count). The molecule has 0 fully saturated rings. The highest BCUT2D eigenvalue weighted by Gasteiger charge is 2.36. The SMILES string of the molecule is C=CC(C)(C)C1=CC(c2ccccc2F)C=C(C(C)(C)C)C1=O. The van der Waals surface area contributed by atoms with Gasteiger partial charge in [0.2, 0.25) is 0 Å². The Labute approximate surface area is 138 Å². The summed E-state index contributed by atoms with van der Waals surface area (Å²) < 4.78 is 14.2. The van der Waals surface area contributed by atoms with Gasteiger partial charge in [0.25, 0.3) is 0 Å². The molecule has 1 atom stereocenters. The van der Waals surface area contributed by atoms with E-state index in [1.54, 1.807) is 18.2 Å². The molecule has 2 heteroatoms. The van der Waals surface area contributed by atoms with Gasteiger partial charge >= 0.3 is 0 Å². The summed E-state index contributed by atoms with van der Waals surface area (Å²) in [7, 11) is 0. The third kappa shape index (κ3) is 3.36. The maximum atomic E-state index is 14.2. The molecule has 0 aliphatic heterocycles. The van der Waals surface area contributed by atoms with Crippen LogP contribution in [0.1, 0.15) is 46.1 Å². The number of carbonyl (C=O) groups is 1. The fourth-order valence-corrected chi connectivity index (χ4v) is 2.84. The van der Waals surface area contributed by atoms with Gasteiger partial charge < -0.3 is 0 Å². The molecule has 1 aliphatic carbocycles. The molecular weight excluding hydrogens is 287 g/mol. The fourth-order valence-electron chi connectivity index (χ4n) is 2.84. The molecule has 1 nitrogen and oxygen atoms in total. The van der Waals surface area contributed by atoms with Crippen LogP contribution in [0.2, 0.25) is 0 Å². The molecule has 0 spiro atoms. The van der Waals surface area contributed by atoms with Gasteiger partial charge in [0, 0.05) is 22.5 Å². The van der Waals surface area contributed by atoms with Crippen molar-refractivity contribution in [2.45, 2.75) is 40.5 Å². The summed E-state index contributed by atoms with van der Waals surface area (Å²) in [6, 6.07) is 6.75. The van der Waals surface area contributed by atoms with E-state index in [-0.39, 0.29) is 22.9 Å². The van der Waals surface area contributed by atoms with E-state index in [0.717, 1.165) is 5.57 Å². The average molecular weight is 312 g/mol. The van der Waals surface area contributed by atoms with Crippen LogP contribution in [0, 0.1) is 16.6 Å². The first-order chi connectivity index (χ1) is 10.6. The van der Waals surface area contributed by atoms with Crippen molar-refractivity contribution in [2.75, 3.05) is 0 Å². The third-order valence-electron chi connectivity index (χ3n) is 4.46. The van der Waals surface area contributed by atoms with E-state index in [9.17, 15) is 9.18 Å². The molecule has 0 amide bonds. The summed E-state index contributed by atoms with van der Waals surface area (Å²) in [5.41, 5.74) is 1.27. The lowest BCUT2D eigenvalue weighted by Gasteiger charge is -2.33. The minimum Gasteiger partial charge on any atom is -0.289 e. The van der Waals surface area contributed by atoms with Crippen LogP contribution in [-0.4, -0.2) is 5.78 Å². The van der Waals surface area contributed by atoms with Gasteiger partial charge in [-0.25, -0.2) is 4.39 Å². The Morgan fingerprint density at radius 2 is 1.61 bits per heavy atom. The van der Waals surface area contributed by atoms with Gasteiger partial charge in [0.1, 0.15) is 5.82 Å². The lowest BCUT2D eigenvalue weighted by Crippen LogP contribution is -2.29. The van der Waals surface area contributed by atoms with Gasteiger partial charge in [0.15, 0.2) is 5.78 Å². The van der Waals surface area contributed by atoms with Crippen LogP contribution in [0.15, 0.2) is 60.2 Å². The molecule has 0 N–H and O–H groups in total. The highest BCUT2D eigenvalue weighted by atomic mass is 19.1. The number of benzene rings is 1. The Morgan fingerprint density at radius 1 is 1.04 bits per heavy atom. The van der Waals surface area contributed by atoms with E-state index >= 15 is 0 Å². The molecule has 23 heavy (non-hydrogen) atoms. The molecule has 0 radical (unpaired) electrons. The summed E-state index contributed by atoms with van der Waals surface area (Å²) in [6.45, 7) is 13.8. The van der Waals surface area contributed by atoms with Crippen LogP contribution in [0.4, 0.5) is 4.39 Å². The quantitative estimate of drug-likeness (QED) is 0.664. The average Bonchev–Trinajstić information content (AvgIpc) is 2.47. The molecule has 0 heterocycles. The maximum absolute atomic E-state index is 14.2. The van der Waals surface area contributed by atoms with Gasteiger partial charge in [-0.2, -0.15) is 0 Å². The monoisotopic (exact) mass is 312 g/mol. The lowest BCUT2D eigenvalue weighted by atomic mass is 9.69. The Balaban J connectivity index is 2.65. The molecule has 1 aromatic rings. The second-order valence-electron chi connectivity index (χ2n) is 7.71. The molecule has 0 saturated carbocycles. The van der Waals surface area contributed by atoms with Crippen LogP contribution in [0.3, 0.4) is 0 Å². The smallest absolute Gasteiger partial charge is 0.185 e. The molecule has 0 aromatic heterocycles. The highest BCUT2D eigenvalue weighted by molar-refractivity contribution is 6.11. The van der Waals surface area contributed by atoms with Crippen molar-refractivity contribution in [2.24, 2.45) is 10.8 Å². The van der Waals surface area contributed by atoms with Crippen LogP contribution in [0.25, 0.3) is 0 Å². The van der Waals surface area contributed by atoms with Crippen molar-refractivity contribution < 1.29 is 9.18 Å². The first-order valence-electron chi connectivity index (χ1n) is 7.95. The number of halogens is 1. The number of hydrogen-bond donors (Lipinski definition) is 0. The molecule has 1 aromatic carbocycles. The van der Waals surface area contributed by atoms with Crippen LogP contribution >= 0.6 is 0 Å². The number of hydrogen-bond acceptors (Lipinski definition) is 1. The topological polar surface area (TPSA) is 17.1 Å². The van der Waals surface area contributed by atoms with E-state index in [1.807, 2.05) is 52.8 Å². The molecule has 1 unspecified atom stereocenters. The van der Waals surface area contributed by atoms with Gasteiger partial charge in [0.05, 0.1) is 0 Å². The first-order valence-corrected chi connectivity index (χ1v) is 7.95. The summed E-state index contributed by atoms with van der Waals surface area (Å²) in [5.74, 6) is -0.448. The number of rotatable bonds is 3. The third-order valence-corrected chi connectivity index (χ3v) is 4.46. The minimum absolute atomic E-state index is 0.0370. The molecule has 122 valence electrons. The maximum Gasteiger partial charge on any atom is 0.185 e. The van der Waals surface area contributed by atoms with E-state index in [1.165, 1.54) is 6.07 Å². The minimum atomic E-state index is -0.453. The molecule has 1 aliphatic rings. The summed E-state index contributed by atoms with van der Waals surface area (Å²) in [6.07, 6.45) is 5.57. The van der Waals surface area contributed by atoms with Crippen molar-refractivity contribution in [3.05, 3.63) is 71.6 Å². The Bertz CT molecular complexity index is 699. The van der Waals surface area contributed by atoms with E-state index < -0.39 is 5.41 Å². The van der Waals surface area contributed by atoms with Crippen molar-refractivity contribution in [3.8, 4) is 0 Å². The normalized spacial score (nSPS) is 19.2. The van der Waals surface area contributed by atoms with E-state index in [0.29, 0.717) is 11.1 Å². The molecule has 0 saturated heterocycles. The predicted octanol–water partition coefficient (Wildman–Crippen LogP) is 5.60. The second kappa shape index (κ2) is 5.92. The van der Waals surface area contributed by atoms with Gasteiger partial charge in [-0.15, -0.1) is 6.58 Å². The van der Waals surface area contributed by atoms with Crippen molar-refractivity contribution in [3.63, 3.8) is 0 Å². The zero-order valence-corrected chi connectivity index (χ0v) is 14.6. The number of Topliss-reactive ketones (excluding diaryl/α,β-unsaturated/α-hetero) is 1. The Hall–Kier alpha value is -1.96. The number of ketones is 1.